The highest BCUT2D eigenvalue weighted by Crippen LogP contribution is 2.29. The monoisotopic (exact) mass is 359 g/mol. The Morgan fingerprint density at radius 3 is 2.14 bits per heavy atom. The zero-order valence-corrected chi connectivity index (χ0v) is 14.6. The van der Waals surface area contributed by atoms with Gasteiger partial charge in [-0.3, -0.25) is 4.72 Å². The number of methoxy groups -OCH3 is 1. The Morgan fingerprint density at radius 1 is 1.00 bits per heavy atom. The lowest BCUT2D eigenvalue weighted by molar-refractivity contribution is 0.411. The van der Waals surface area contributed by atoms with Gasteiger partial charge in [-0.25, -0.2) is 8.42 Å². The molecule has 0 aliphatic rings. The molecule has 0 aliphatic heterocycles. The molecular formula is C15H15Cl2NO3S. The summed E-state index contributed by atoms with van der Waals surface area (Å²) in [5.74, 6) is 0.641. The largest absolute Gasteiger partial charge is 0.496 e. The molecule has 4 nitrogen and oxygen atoms in total. The van der Waals surface area contributed by atoms with Crippen LogP contribution in [-0.2, 0) is 10.0 Å². The highest BCUT2D eigenvalue weighted by Gasteiger charge is 2.20. The van der Waals surface area contributed by atoms with Crippen molar-refractivity contribution in [2.24, 2.45) is 0 Å². The number of sulfonamides is 1. The van der Waals surface area contributed by atoms with E-state index in [-0.39, 0.29) is 4.90 Å². The van der Waals surface area contributed by atoms with Crippen LogP contribution >= 0.6 is 23.2 Å². The van der Waals surface area contributed by atoms with Crippen LogP contribution in [0.1, 0.15) is 11.1 Å². The van der Waals surface area contributed by atoms with Crippen molar-refractivity contribution < 1.29 is 13.2 Å². The first-order chi connectivity index (χ1) is 10.2. The highest BCUT2D eigenvalue weighted by atomic mass is 35.5. The number of anilines is 1. The average molecular weight is 360 g/mol. The number of hydrogen-bond acceptors (Lipinski definition) is 3. The van der Waals surface area contributed by atoms with Gasteiger partial charge in [-0.1, -0.05) is 23.2 Å². The van der Waals surface area contributed by atoms with Crippen molar-refractivity contribution in [1.29, 1.82) is 0 Å². The molecular weight excluding hydrogens is 345 g/mol. The smallest absolute Gasteiger partial charge is 0.262 e. The van der Waals surface area contributed by atoms with Gasteiger partial charge in [-0.05, 0) is 55.3 Å². The van der Waals surface area contributed by atoms with Crippen LogP contribution in [0.3, 0.4) is 0 Å². The molecule has 2 aromatic carbocycles. The van der Waals surface area contributed by atoms with Crippen LogP contribution in [0.15, 0.2) is 35.2 Å². The number of ether oxygens (including phenoxy) is 1. The van der Waals surface area contributed by atoms with Crippen molar-refractivity contribution in [2.45, 2.75) is 18.7 Å². The Labute approximate surface area is 140 Å². The maximum absolute atomic E-state index is 12.6. The molecule has 0 saturated heterocycles. The second kappa shape index (κ2) is 6.36. The normalized spacial score (nSPS) is 11.3. The van der Waals surface area contributed by atoms with Gasteiger partial charge >= 0.3 is 0 Å². The molecule has 0 heterocycles. The van der Waals surface area contributed by atoms with Crippen LogP contribution in [0.4, 0.5) is 5.69 Å². The second-order valence-corrected chi connectivity index (χ2v) is 7.30. The minimum Gasteiger partial charge on any atom is -0.496 e. The number of nitrogens with one attached hydrogen (secondary N) is 1. The van der Waals surface area contributed by atoms with E-state index in [1.54, 1.807) is 20.1 Å². The molecule has 0 radical (unpaired) electrons. The van der Waals surface area contributed by atoms with E-state index in [0.717, 1.165) is 5.56 Å². The Bertz CT molecular complexity index is 800. The van der Waals surface area contributed by atoms with Crippen LogP contribution in [0.25, 0.3) is 0 Å². The summed E-state index contributed by atoms with van der Waals surface area (Å²) in [6.07, 6.45) is 0. The fraction of sp³-hybridized carbons (Fsp3) is 0.200. The van der Waals surface area contributed by atoms with E-state index in [1.165, 1.54) is 24.3 Å². The molecule has 0 fully saturated rings. The van der Waals surface area contributed by atoms with Gasteiger partial charge in [0.1, 0.15) is 5.75 Å². The molecule has 0 amide bonds. The summed E-state index contributed by atoms with van der Waals surface area (Å²) in [6.45, 7) is 3.54. The number of halogens is 2. The van der Waals surface area contributed by atoms with Gasteiger partial charge in [0.25, 0.3) is 10.0 Å². The first kappa shape index (κ1) is 16.9. The second-order valence-electron chi connectivity index (χ2n) is 4.78. The third-order valence-electron chi connectivity index (χ3n) is 3.31. The van der Waals surface area contributed by atoms with Gasteiger partial charge in [0, 0.05) is 10.0 Å². The zero-order chi connectivity index (χ0) is 16.5. The number of benzene rings is 2. The summed E-state index contributed by atoms with van der Waals surface area (Å²) < 4.78 is 32.8. The minimum atomic E-state index is -3.75. The predicted molar refractivity (Wildman–Crippen MR) is 89.7 cm³/mol. The fourth-order valence-corrected chi connectivity index (χ4v) is 3.97. The van der Waals surface area contributed by atoms with E-state index >= 15 is 0 Å². The average Bonchev–Trinajstić information content (AvgIpc) is 2.39. The lowest BCUT2D eigenvalue weighted by atomic mass is 10.1. The molecule has 0 saturated carbocycles. The molecule has 2 aromatic rings. The molecule has 0 bridgehead atoms. The molecule has 0 aliphatic carbocycles. The van der Waals surface area contributed by atoms with Crippen molar-refractivity contribution in [3.63, 3.8) is 0 Å². The molecule has 118 valence electrons. The van der Waals surface area contributed by atoms with Gasteiger partial charge in [0.2, 0.25) is 0 Å². The highest BCUT2D eigenvalue weighted by molar-refractivity contribution is 7.92. The Balaban J connectivity index is 2.45. The summed E-state index contributed by atoms with van der Waals surface area (Å²) in [6, 6.07) is 7.66. The quantitative estimate of drug-likeness (QED) is 0.878. The van der Waals surface area contributed by atoms with Crippen molar-refractivity contribution in [3.05, 3.63) is 51.5 Å². The maximum Gasteiger partial charge on any atom is 0.262 e. The summed E-state index contributed by atoms with van der Waals surface area (Å²) in [5.41, 5.74) is 1.71. The van der Waals surface area contributed by atoms with Gasteiger partial charge in [-0.2, -0.15) is 0 Å². The lowest BCUT2D eigenvalue weighted by Gasteiger charge is -2.14. The number of rotatable bonds is 4. The molecule has 0 unspecified atom stereocenters. The molecule has 22 heavy (non-hydrogen) atoms. The van der Waals surface area contributed by atoms with E-state index in [0.29, 0.717) is 27.0 Å². The van der Waals surface area contributed by atoms with Crippen LogP contribution in [0.2, 0.25) is 10.0 Å². The van der Waals surface area contributed by atoms with E-state index in [9.17, 15) is 8.42 Å². The molecule has 1 N–H and O–H groups in total. The first-order valence-electron chi connectivity index (χ1n) is 6.37. The van der Waals surface area contributed by atoms with Gasteiger partial charge in [-0.15, -0.1) is 0 Å². The zero-order valence-electron chi connectivity index (χ0n) is 12.3. The van der Waals surface area contributed by atoms with Crippen LogP contribution in [0, 0.1) is 13.8 Å². The van der Waals surface area contributed by atoms with Crippen LogP contribution < -0.4 is 9.46 Å². The van der Waals surface area contributed by atoms with E-state index < -0.39 is 10.0 Å². The third-order valence-corrected chi connectivity index (χ3v) is 5.27. The Morgan fingerprint density at radius 2 is 1.59 bits per heavy atom. The standard InChI is InChI=1S/C15H15Cl2NO3S/c1-9-10(2)15(5-4-14(9)21-3)22(19,20)18-13-7-11(16)6-12(17)8-13/h4-8,18H,1-3H3. The van der Waals surface area contributed by atoms with Gasteiger partial charge in [0.05, 0.1) is 17.7 Å². The SMILES string of the molecule is COc1ccc(S(=O)(=O)Nc2cc(Cl)cc(Cl)c2)c(C)c1C. The van der Waals surface area contributed by atoms with Gasteiger partial charge < -0.3 is 4.74 Å². The molecule has 2 rings (SSSR count). The summed E-state index contributed by atoms with van der Waals surface area (Å²) >= 11 is 11.8. The third kappa shape index (κ3) is 3.48. The molecule has 0 aromatic heterocycles. The van der Waals surface area contributed by atoms with E-state index in [2.05, 4.69) is 4.72 Å². The van der Waals surface area contributed by atoms with E-state index in [4.69, 9.17) is 27.9 Å². The van der Waals surface area contributed by atoms with Crippen molar-refractivity contribution in [2.75, 3.05) is 11.8 Å². The summed E-state index contributed by atoms with van der Waals surface area (Å²) in [5, 5.41) is 0.709. The number of hydrogen-bond donors (Lipinski definition) is 1. The van der Waals surface area contributed by atoms with Gasteiger partial charge in [0.15, 0.2) is 0 Å². The maximum atomic E-state index is 12.6. The summed E-state index contributed by atoms with van der Waals surface area (Å²) in [4.78, 5) is 0.182. The fourth-order valence-electron chi connectivity index (χ4n) is 2.11. The van der Waals surface area contributed by atoms with E-state index in [1.807, 2.05) is 6.92 Å². The molecule has 0 atom stereocenters. The van der Waals surface area contributed by atoms with Crippen LogP contribution in [-0.4, -0.2) is 15.5 Å². The predicted octanol–water partition coefficient (Wildman–Crippen LogP) is 4.42. The summed E-state index contributed by atoms with van der Waals surface area (Å²) in [7, 11) is -2.20. The topological polar surface area (TPSA) is 55.4 Å². The molecule has 7 heteroatoms. The molecule has 0 spiro atoms. The Kier molecular flexibility index (Phi) is 4.90. The minimum absolute atomic E-state index is 0.182. The van der Waals surface area contributed by atoms with Crippen LogP contribution in [0.5, 0.6) is 5.75 Å². The first-order valence-corrected chi connectivity index (χ1v) is 8.61. The van der Waals surface area contributed by atoms with Crippen molar-refractivity contribution >= 4 is 38.9 Å². The van der Waals surface area contributed by atoms with Crippen molar-refractivity contribution in [1.82, 2.24) is 0 Å². The Hall–Kier alpha value is -1.43. The lowest BCUT2D eigenvalue weighted by Crippen LogP contribution is -2.15. The van der Waals surface area contributed by atoms with Crippen molar-refractivity contribution in [3.8, 4) is 5.75 Å².